The Balaban J connectivity index is 1.41. The Morgan fingerprint density at radius 3 is 2.39 bits per heavy atom. The van der Waals surface area contributed by atoms with E-state index in [1.54, 1.807) is 11.8 Å². The highest BCUT2D eigenvalue weighted by Gasteiger charge is 2.47. The number of likely N-dealkylation sites (tertiary alicyclic amines) is 1. The molecule has 3 aliphatic heterocycles. The predicted molar refractivity (Wildman–Crippen MR) is 113 cm³/mol. The van der Waals surface area contributed by atoms with Crippen LogP contribution in [0.2, 0.25) is 0 Å². The molecule has 1 spiro atoms. The summed E-state index contributed by atoms with van der Waals surface area (Å²) in [6.45, 7) is 12.6. The van der Waals surface area contributed by atoms with Gasteiger partial charge in [-0.3, -0.25) is 14.6 Å². The van der Waals surface area contributed by atoms with Crippen LogP contribution in [0.3, 0.4) is 0 Å². The van der Waals surface area contributed by atoms with Gasteiger partial charge >= 0.3 is 6.09 Å². The highest BCUT2D eigenvalue weighted by molar-refractivity contribution is 7.98. The van der Waals surface area contributed by atoms with Gasteiger partial charge in [0.25, 0.3) is 0 Å². The minimum Gasteiger partial charge on any atom is -0.441 e. The summed E-state index contributed by atoms with van der Waals surface area (Å²) in [7, 11) is 0. The van der Waals surface area contributed by atoms with Crippen molar-refractivity contribution >= 4 is 23.8 Å². The van der Waals surface area contributed by atoms with Gasteiger partial charge in [-0.05, 0) is 20.1 Å². The van der Waals surface area contributed by atoms with E-state index >= 15 is 0 Å². The largest absolute Gasteiger partial charge is 0.441 e. The number of carbonyl (C=O) groups excluding carboxylic acids is 2. The number of hydrogen-bond acceptors (Lipinski definition) is 6. The van der Waals surface area contributed by atoms with Crippen molar-refractivity contribution < 1.29 is 14.3 Å². The van der Waals surface area contributed by atoms with Crippen LogP contribution in [-0.2, 0) is 9.53 Å². The predicted octanol–water partition coefficient (Wildman–Crippen LogP) is 1.58. The second kappa shape index (κ2) is 9.67. The van der Waals surface area contributed by atoms with Crippen molar-refractivity contribution in [2.75, 3.05) is 70.9 Å². The first kappa shape index (κ1) is 21.7. The van der Waals surface area contributed by atoms with Crippen molar-refractivity contribution in [3.8, 4) is 0 Å². The number of rotatable bonds is 7. The molecule has 3 rings (SSSR count). The van der Waals surface area contributed by atoms with Crippen LogP contribution in [0.15, 0.2) is 0 Å². The summed E-state index contributed by atoms with van der Waals surface area (Å²) in [5.41, 5.74) is -0.385. The number of carbonyl (C=O) groups is 2. The number of thioether (sulfide) groups is 1. The number of amides is 2. The molecule has 3 saturated heterocycles. The molecule has 0 saturated carbocycles. The van der Waals surface area contributed by atoms with Gasteiger partial charge in [0, 0.05) is 83.4 Å². The van der Waals surface area contributed by atoms with Gasteiger partial charge in [-0.1, -0.05) is 0 Å². The lowest BCUT2D eigenvalue weighted by Gasteiger charge is -2.38. The Labute approximate surface area is 173 Å². The van der Waals surface area contributed by atoms with E-state index in [0.29, 0.717) is 32.1 Å². The summed E-state index contributed by atoms with van der Waals surface area (Å²) in [5, 5.41) is 0. The van der Waals surface area contributed by atoms with Gasteiger partial charge in [0.2, 0.25) is 5.91 Å². The maximum Gasteiger partial charge on any atom is 0.410 e. The van der Waals surface area contributed by atoms with E-state index in [1.165, 1.54) is 0 Å². The molecule has 7 nitrogen and oxygen atoms in total. The molecule has 0 aromatic heterocycles. The molecule has 3 aliphatic rings. The highest BCUT2D eigenvalue weighted by atomic mass is 32.2. The van der Waals surface area contributed by atoms with Crippen LogP contribution >= 0.6 is 11.8 Å². The van der Waals surface area contributed by atoms with Crippen molar-refractivity contribution in [2.24, 2.45) is 0 Å². The molecule has 160 valence electrons. The summed E-state index contributed by atoms with van der Waals surface area (Å²) in [6, 6.07) is 0.606. The summed E-state index contributed by atoms with van der Waals surface area (Å²) in [6.07, 6.45) is 3.96. The molecular weight excluding hydrogens is 376 g/mol. The molecule has 0 aromatic rings. The van der Waals surface area contributed by atoms with E-state index in [-0.39, 0.29) is 17.6 Å². The van der Waals surface area contributed by atoms with E-state index in [9.17, 15) is 9.59 Å². The topological polar surface area (TPSA) is 56.3 Å². The third kappa shape index (κ3) is 5.33. The van der Waals surface area contributed by atoms with E-state index in [1.807, 2.05) is 16.1 Å². The van der Waals surface area contributed by atoms with Crippen LogP contribution in [0.1, 0.15) is 33.1 Å². The standard InChI is InChI=1S/C20H36N4O3S/c1-17(2)22-12-9-21(10-13-22)11-14-24-16-20(27-19(24)26)5-7-23(8-6-20)18(25)4-15-28-3/h17H,4-16H2,1-3H3. The molecule has 3 fully saturated rings. The molecule has 0 aromatic carbocycles. The molecule has 2 amide bonds. The van der Waals surface area contributed by atoms with Crippen LogP contribution in [-0.4, -0.2) is 114 Å². The van der Waals surface area contributed by atoms with Crippen LogP contribution in [0.4, 0.5) is 4.79 Å². The maximum absolute atomic E-state index is 12.4. The second-order valence-electron chi connectivity index (χ2n) is 8.57. The zero-order chi connectivity index (χ0) is 20.1. The normalized spacial score (nSPS) is 23.6. The van der Waals surface area contributed by atoms with Gasteiger partial charge in [-0.25, -0.2) is 4.79 Å². The third-order valence-corrected chi connectivity index (χ3v) is 7.02. The van der Waals surface area contributed by atoms with Crippen LogP contribution < -0.4 is 0 Å². The first-order chi connectivity index (χ1) is 13.4. The first-order valence-corrected chi connectivity index (χ1v) is 12.0. The van der Waals surface area contributed by atoms with Crippen LogP contribution in [0.5, 0.6) is 0 Å². The van der Waals surface area contributed by atoms with Crippen LogP contribution in [0.25, 0.3) is 0 Å². The summed E-state index contributed by atoms with van der Waals surface area (Å²) < 4.78 is 5.82. The van der Waals surface area contributed by atoms with E-state index in [0.717, 1.165) is 57.9 Å². The third-order valence-electron chi connectivity index (χ3n) is 6.41. The number of ether oxygens (including phenoxy) is 1. The average Bonchev–Trinajstić information content (AvgIpc) is 3.00. The number of nitrogens with zero attached hydrogens (tertiary/aromatic N) is 4. The van der Waals surface area contributed by atoms with Crippen LogP contribution in [0, 0.1) is 0 Å². The lowest BCUT2D eigenvalue weighted by molar-refractivity contribution is -0.134. The fourth-order valence-electron chi connectivity index (χ4n) is 4.40. The SMILES string of the molecule is CSCCC(=O)N1CCC2(CC1)CN(CCN1CCN(C(C)C)CC1)C(=O)O2. The smallest absolute Gasteiger partial charge is 0.410 e. The summed E-state index contributed by atoms with van der Waals surface area (Å²) in [5.74, 6) is 1.10. The minimum atomic E-state index is -0.385. The molecule has 28 heavy (non-hydrogen) atoms. The monoisotopic (exact) mass is 412 g/mol. The van der Waals surface area contributed by atoms with Gasteiger partial charge in [0.15, 0.2) is 0 Å². The Kier molecular flexibility index (Phi) is 7.50. The molecule has 3 heterocycles. The lowest BCUT2D eigenvalue weighted by atomic mass is 9.91. The van der Waals surface area contributed by atoms with Gasteiger partial charge in [0.05, 0.1) is 6.54 Å². The molecule has 0 radical (unpaired) electrons. The zero-order valence-corrected chi connectivity index (χ0v) is 18.5. The molecule has 0 unspecified atom stereocenters. The minimum absolute atomic E-state index is 0.178. The maximum atomic E-state index is 12.4. The Bertz CT molecular complexity index is 544. The van der Waals surface area contributed by atoms with Gasteiger partial charge in [0.1, 0.15) is 5.60 Å². The Morgan fingerprint density at radius 2 is 1.79 bits per heavy atom. The number of piperidine rings is 1. The number of piperazine rings is 1. The number of hydrogen-bond donors (Lipinski definition) is 0. The van der Waals surface area contributed by atoms with Gasteiger partial charge < -0.3 is 14.5 Å². The van der Waals surface area contributed by atoms with E-state index in [2.05, 4.69) is 23.6 Å². The van der Waals surface area contributed by atoms with Crippen molar-refractivity contribution in [1.82, 2.24) is 19.6 Å². The average molecular weight is 413 g/mol. The van der Waals surface area contributed by atoms with E-state index < -0.39 is 0 Å². The van der Waals surface area contributed by atoms with Gasteiger partial charge in [-0.15, -0.1) is 0 Å². The van der Waals surface area contributed by atoms with Gasteiger partial charge in [-0.2, -0.15) is 11.8 Å². The lowest BCUT2D eigenvalue weighted by Crippen LogP contribution is -2.51. The fraction of sp³-hybridized carbons (Fsp3) is 0.900. The zero-order valence-electron chi connectivity index (χ0n) is 17.7. The molecule has 0 N–H and O–H groups in total. The molecule has 0 aliphatic carbocycles. The fourth-order valence-corrected chi connectivity index (χ4v) is 4.78. The first-order valence-electron chi connectivity index (χ1n) is 10.6. The molecule has 0 bridgehead atoms. The quantitative estimate of drug-likeness (QED) is 0.633. The van der Waals surface area contributed by atoms with Crippen molar-refractivity contribution in [1.29, 1.82) is 0 Å². The van der Waals surface area contributed by atoms with Crippen molar-refractivity contribution in [3.63, 3.8) is 0 Å². The molecular formula is C20H36N4O3S. The Morgan fingerprint density at radius 1 is 1.11 bits per heavy atom. The molecule has 8 heteroatoms. The summed E-state index contributed by atoms with van der Waals surface area (Å²) >= 11 is 1.70. The van der Waals surface area contributed by atoms with E-state index in [4.69, 9.17) is 4.74 Å². The highest BCUT2D eigenvalue weighted by Crippen LogP contribution is 2.33. The van der Waals surface area contributed by atoms with Crippen molar-refractivity contribution in [2.45, 2.75) is 44.8 Å². The summed E-state index contributed by atoms with van der Waals surface area (Å²) in [4.78, 5) is 33.4. The Hall–Kier alpha value is -0.990. The molecule has 0 atom stereocenters. The van der Waals surface area contributed by atoms with Crippen molar-refractivity contribution in [3.05, 3.63) is 0 Å². The second-order valence-corrected chi connectivity index (χ2v) is 9.55.